The molecule has 3 heterocycles. The van der Waals surface area contributed by atoms with Crippen LogP contribution in [-0.2, 0) is 0 Å². The summed E-state index contributed by atoms with van der Waals surface area (Å²) in [4.78, 5) is 16.9. The molecule has 1 unspecified atom stereocenters. The zero-order valence-corrected chi connectivity index (χ0v) is 15.0. The molecule has 26 heavy (non-hydrogen) atoms. The van der Waals surface area contributed by atoms with E-state index in [0.29, 0.717) is 12.2 Å². The Bertz CT molecular complexity index is 971. The van der Waals surface area contributed by atoms with Gasteiger partial charge in [-0.2, -0.15) is 5.10 Å². The van der Waals surface area contributed by atoms with E-state index in [1.807, 2.05) is 52.7 Å². The lowest BCUT2D eigenvalue weighted by atomic mass is 10.2. The Hall–Kier alpha value is -3.06. The number of aromatic amines is 1. The fourth-order valence-electron chi connectivity index (χ4n) is 2.91. The number of methoxy groups -OCH3 is 1. The molecule has 7 heteroatoms. The van der Waals surface area contributed by atoms with Crippen molar-refractivity contribution in [3.8, 4) is 5.75 Å². The smallest absolute Gasteiger partial charge is 0.267 e. The van der Waals surface area contributed by atoms with Crippen LogP contribution in [0.4, 0.5) is 0 Å². The maximum absolute atomic E-state index is 12.6. The zero-order chi connectivity index (χ0) is 17.9. The number of nitrogens with zero attached hydrogens (tertiary/aromatic N) is 2. The zero-order valence-electron chi connectivity index (χ0n) is 14.2. The van der Waals surface area contributed by atoms with Gasteiger partial charge in [0.2, 0.25) is 0 Å². The van der Waals surface area contributed by atoms with Crippen LogP contribution in [-0.4, -0.2) is 34.3 Å². The Kier molecular flexibility index (Phi) is 4.45. The van der Waals surface area contributed by atoms with Crippen LogP contribution in [0.5, 0.6) is 5.75 Å². The van der Waals surface area contributed by atoms with Gasteiger partial charge in [-0.15, -0.1) is 11.3 Å². The average molecular weight is 366 g/mol. The normalized spacial score (nSPS) is 12.2. The van der Waals surface area contributed by atoms with Crippen molar-refractivity contribution in [3.05, 3.63) is 70.8 Å². The minimum absolute atomic E-state index is 0.0292. The van der Waals surface area contributed by atoms with Gasteiger partial charge in [-0.25, -0.2) is 0 Å². The summed E-state index contributed by atoms with van der Waals surface area (Å²) in [5, 5.41) is 10.3. The van der Waals surface area contributed by atoms with Gasteiger partial charge in [-0.1, -0.05) is 6.07 Å². The molecule has 132 valence electrons. The molecule has 0 aliphatic carbocycles. The first-order valence-corrected chi connectivity index (χ1v) is 9.10. The van der Waals surface area contributed by atoms with Crippen molar-refractivity contribution in [2.45, 2.75) is 6.04 Å². The summed E-state index contributed by atoms with van der Waals surface area (Å²) in [6, 6.07) is 13.4. The summed E-state index contributed by atoms with van der Waals surface area (Å²) in [5.74, 6) is 0.608. The summed E-state index contributed by atoms with van der Waals surface area (Å²) < 4.78 is 7.09. The summed E-state index contributed by atoms with van der Waals surface area (Å²) >= 11 is 1.65. The van der Waals surface area contributed by atoms with Gasteiger partial charge in [0.25, 0.3) is 5.91 Å². The van der Waals surface area contributed by atoms with Gasteiger partial charge in [-0.05, 0) is 35.7 Å². The lowest BCUT2D eigenvalue weighted by Gasteiger charge is -2.16. The molecule has 3 aromatic heterocycles. The fraction of sp³-hybridized carbons (Fsp3) is 0.158. The Labute approximate surface area is 154 Å². The van der Waals surface area contributed by atoms with E-state index in [2.05, 4.69) is 21.5 Å². The molecule has 2 N–H and O–H groups in total. The molecule has 0 aliphatic rings. The Morgan fingerprint density at radius 1 is 1.35 bits per heavy atom. The third kappa shape index (κ3) is 3.21. The summed E-state index contributed by atoms with van der Waals surface area (Å²) in [6.45, 7) is 0.458. The molecule has 0 radical (unpaired) electrons. The van der Waals surface area contributed by atoms with Gasteiger partial charge in [0, 0.05) is 40.8 Å². The second-order valence-corrected chi connectivity index (χ2v) is 6.84. The number of hydrogen-bond donors (Lipinski definition) is 2. The second-order valence-electron chi connectivity index (χ2n) is 5.86. The van der Waals surface area contributed by atoms with Crippen molar-refractivity contribution < 1.29 is 9.53 Å². The van der Waals surface area contributed by atoms with Crippen LogP contribution in [0.25, 0.3) is 10.9 Å². The molecule has 1 amide bonds. The second kappa shape index (κ2) is 7.05. The van der Waals surface area contributed by atoms with E-state index in [-0.39, 0.29) is 11.9 Å². The topological polar surface area (TPSA) is 71.9 Å². The van der Waals surface area contributed by atoms with Crippen LogP contribution in [0.15, 0.2) is 60.2 Å². The molecule has 0 spiro atoms. The van der Waals surface area contributed by atoms with Crippen LogP contribution < -0.4 is 10.1 Å². The highest BCUT2D eigenvalue weighted by Crippen LogP contribution is 2.23. The molecular formula is C19H18N4O2S. The van der Waals surface area contributed by atoms with E-state index in [1.54, 1.807) is 24.6 Å². The van der Waals surface area contributed by atoms with Crippen LogP contribution >= 0.6 is 11.3 Å². The molecule has 4 rings (SSSR count). The number of fused-ring (bicyclic) bond motifs is 1. The quantitative estimate of drug-likeness (QED) is 0.549. The molecule has 0 fully saturated rings. The summed E-state index contributed by atoms with van der Waals surface area (Å²) in [7, 11) is 1.62. The van der Waals surface area contributed by atoms with Crippen molar-refractivity contribution in [3.63, 3.8) is 0 Å². The van der Waals surface area contributed by atoms with Crippen LogP contribution in [0, 0.1) is 0 Å². The van der Waals surface area contributed by atoms with E-state index in [4.69, 9.17) is 4.74 Å². The molecule has 6 nitrogen and oxygen atoms in total. The maximum atomic E-state index is 12.6. The molecule has 0 aliphatic heterocycles. The SMILES string of the molecule is COc1ccc2cc(C(=O)NCC(c3cccs3)n3cccn3)[nH]c2c1. The van der Waals surface area contributed by atoms with Crippen molar-refractivity contribution in [1.82, 2.24) is 20.1 Å². The lowest BCUT2D eigenvalue weighted by molar-refractivity contribution is 0.0945. The van der Waals surface area contributed by atoms with Crippen molar-refractivity contribution in [2.75, 3.05) is 13.7 Å². The monoisotopic (exact) mass is 366 g/mol. The van der Waals surface area contributed by atoms with E-state index in [9.17, 15) is 4.79 Å². The number of rotatable bonds is 6. The molecule has 0 bridgehead atoms. The predicted octanol–water partition coefficient (Wildman–Crippen LogP) is 3.45. The van der Waals surface area contributed by atoms with Crippen LogP contribution in [0.3, 0.4) is 0 Å². The number of ether oxygens (including phenoxy) is 1. The number of carbonyl (C=O) groups is 1. The predicted molar refractivity (Wildman–Crippen MR) is 102 cm³/mol. The minimum Gasteiger partial charge on any atom is -0.497 e. The van der Waals surface area contributed by atoms with Gasteiger partial charge < -0.3 is 15.0 Å². The Morgan fingerprint density at radius 3 is 3.00 bits per heavy atom. The van der Waals surface area contributed by atoms with E-state index >= 15 is 0 Å². The van der Waals surface area contributed by atoms with Crippen molar-refractivity contribution in [2.24, 2.45) is 0 Å². The van der Waals surface area contributed by atoms with Gasteiger partial charge in [-0.3, -0.25) is 9.48 Å². The van der Waals surface area contributed by atoms with Gasteiger partial charge >= 0.3 is 0 Å². The Balaban J connectivity index is 1.52. The number of benzene rings is 1. The highest BCUT2D eigenvalue weighted by atomic mass is 32.1. The van der Waals surface area contributed by atoms with E-state index in [0.717, 1.165) is 21.5 Å². The number of aromatic nitrogens is 3. The van der Waals surface area contributed by atoms with E-state index < -0.39 is 0 Å². The van der Waals surface area contributed by atoms with Gasteiger partial charge in [0.1, 0.15) is 17.5 Å². The fourth-order valence-corrected chi connectivity index (χ4v) is 3.73. The number of amides is 1. The molecule has 0 saturated heterocycles. The minimum atomic E-state index is -0.145. The molecule has 1 aromatic carbocycles. The molecule has 1 atom stereocenters. The van der Waals surface area contributed by atoms with Crippen molar-refractivity contribution >= 4 is 28.1 Å². The van der Waals surface area contributed by atoms with E-state index in [1.165, 1.54) is 0 Å². The first-order valence-electron chi connectivity index (χ1n) is 8.22. The standard InChI is InChI=1S/C19H18N4O2S/c1-25-14-6-5-13-10-16(22-15(13)11-14)19(24)20-12-17(18-4-2-9-26-18)23-8-3-7-21-23/h2-11,17,22H,12H2,1H3,(H,20,24). The third-order valence-electron chi connectivity index (χ3n) is 4.25. The van der Waals surface area contributed by atoms with Gasteiger partial charge in [0.05, 0.1) is 7.11 Å². The van der Waals surface area contributed by atoms with Crippen molar-refractivity contribution in [1.29, 1.82) is 0 Å². The third-order valence-corrected chi connectivity index (χ3v) is 5.22. The lowest BCUT2D eigenvalue weighted by Crippen LogP contribution is -2.31. The van der Waals surface area contributed by atoms with Gasteiger partial charge in [0.15, 0.2) is 0 Å². The van der Waals surface area contributed by atoms with Crippen LogP contribution in [0.2, 0.25) is 0 Å². The highest BCUT2D eigenvalue weighted by Gasteiger charge is 2.17. The summed E-state index contributed by atoms with van der Waals surface area (Å²) in [6.07, 6.45) is 3.65. The number of thiophene rings is 1. The molecule has 0 saturated carbocycles. The maximum Gasteiger partial charge on any atom is 0.267 e. The highest BCUT2D eigenvalue weighted by molar-refractivity contribution is 7.10. The first-order chi connectivity index (χ1) is 12.7. The Morgan fingerprint density at radius 2 is 2.27 bits per heavy atom. The molecular weight excluding hydrogens is 348 g/mol. The largest absolute Gasteiger partial charge is 0.497 e. The first kappa shape index (κ1) is 16.4. The summed E-state index contributed by atoms with van der Waals surface area (Å²) in [5.41, 5.74) is 1.40. The number of nitrogens with one attached hydrogen (secondary N) is 2. The number of carbonyl (C=O) groups excluding carboxylic acids is 1. The average Bonchev–Trinajstić information content (AvgIpc) is 3.41. The molecule has 4 aromatic rings. The number of H-pyrrole nitrogens is 1. The van der Waals surface area contributed by atoms with Crippen LogP contribution in [0.1, 0.15) is 21.4 Å². The number of hydrogen-bond acceptors (Lipinski definition) is 4.